The van der Waals surface area contributed by atoms with Crippen LogP contribution in [0.2, 0.25) is 5.02 Å². The summed E-state index contributed by atoms with van der Waals surface area (Å²) < 4.78 is 0. The van der Waals surface area contributed by atoms with E-state index in [4.69, 9.17) is 11.6 Å². The van der Waals surface area contributed by atoms with E-state index < -0.39 is 17.4 Å². The molecule has 7 heteroatoms. The lowest BCUT2D eigenvalue weighted by Crippen LogP contribution is -2.54. The summed E-state index contributed by atoms with van der Waals surface area (Å²) >= 11 is 6.23. The maximum Gasteiger partial charge on any atom is 0.250 e. The van der Waals surface area contributed by atoms with Crippen LogP contribution in [-0.4, -0.2) is 46.7 Å². The van der Waals surface area contributed by atoms with Crippen molar-refractivity contribution in [1.82, 2.24) is 9.80 Å². The number of imide groups is 1. The molecule has 3 amide bonds. The first-order chi connectivity index (χ1) is 12.5. The zero-order chi connectivity index (χ0) is 18.2. The first kappa shape index (κ1) is 16.0. The fourth-order valence-corrected chi connectivity index (χ4v) is 5.72. The zero-order valence-corrected chi connectivity index (χ0v) is 14.8. The molecule has 4 aliphatic heterocycles. The molecule has 26 heavy (non-hydrogen) atoms. The van der Waals surface area contributed by atoms with Crippen LogP contribution in [0.15, 0.2) is 30.9 Å². The number of carbonyl (C=O) groups is 3. The maximum absolute atomic E-state index is 13.3. The van der Waals surface area contributed by atoms with Crippen molar-refractivity contribution in [3.63, 3.8) is 0 Å². The van der Waals surface area contributed by atoms with E-state index in [1.165, 1.54) is 4.90 Å². The molecule has 3 fully saturated rings. The molecule has 134 valence electrons. The molecule has 1 spiro atoms. The molecule has 0 bridgehead atoms. The van der Waals surface area contributed by atoms with E-state index in [1.54, 1.807) is 24.3 Å². The predicted molar refractivity (Wildman–Crippen MR) is 95.4 cm³/mol. The normalized spacial score (nSPS) is 35.0. The topological polar surface area (TPSA) is 69.7 Å². The molecule has 3 saturated heterocycles. The Morgan fingerprint density at radius 2 is 2.12 bits per heavy atom. The Morgan fingerprint density at radius 3 is 2.88 bits per heavy atom. The number of likely N-dealkylation sites (tertiary alicyclic amines) is 1. The summed E-state index contributed by atoms with van der Waals surface area (Å²) in [6, 6.07) is 5.16. The zero-order valence-electron chi connectivity index (χ0n) is 14.1. The fraction of sp³-hybridized carbons (Fsp3) is 0.421. The number of anilines is 1. The summed E-state index contributed by atoms with van der Waals surface area (Å²) in [7, 11) is 0. The SMILES string of the molecule is C=CCN1C(=O)[C@H]2[C@@H]3CCCN3[C@@]3(C(=O)Nc4ccc(Cl)cc43)[C@H]2C1=O. The Morgan fingerprint density at radius 1 is 1.31 bits per heavy atom. The highest BCUT2D eigenvalue weighted by atomic mass is 35.5. The van der Waals surface area contributed by atoms with Gasteiger partial charge in [0.25, 0.3) is 0 Å². The van der Waals surface area contributed by atoms with Crippen molar-refractivity contribution in [3.05, 3.63) is 41.4 Å². The number of hydrogen-bond donors (Lipinski definition) is 1. The Kier molecular flexibility index (Phi) is 3.19. The highest BCUT2D eigenvalue weighted by molar-refractivity contribution is 6.31. The molecule has 5 rings (SSSR count). The lowest BCUT2D eigenvalue weighted by Gasteiger charge is -2.36. The largest absolute Gasteiger partial charge is 0.324 e. The smallest absolute Gasteiger partial charge is 0.250 e. The fourth-order valence-electron chi connectivity index (χ4n) is 5.54. The number of benzene rings is 1. The molecule has 0 aliphatic carbocycles. The molecule has 0 radical (unpaired) electrons. The van der Waals surface area contributed by atoms with E-state index in [0.29, 0.717) is 17.3 Å². The van der Waals surface area contributed by atoms with Gasteiger partial charge in [0, 0.05) is 28.9 Å². The molecule has 4 heterocycles. The third-order valence-electron chi connectivity index (χ3n) is 6.36. The van der Waals surface area contributed by atoms with Crippen LogP contribution >= 0.6 is 11.6 Å². The van der Waals surface area contributed by atoms with Crippen LogP contribution in [0.25, 0.3) is 0 Å². The van der Waals surface area contributed by atoms with Crippen molar-refractivity contribution in [1.29, 1.82) is 0 Å². The van der Waals surface area contributed by atoms with Crippen LogP contribution in [-0.2, 0) is 19.9 Å². The Bertz CT molecular complexity index is 885. The minimum Gasteiger partial charge on any atom is -0.324 e. The lowest BCUT2D eigenvalue weighted by molar-refractivity contribution is -0.145. The monoisotopic (exact) mass is 371 g/mol. The van der Waals surface area contributed by atoms with Crippen molar-refractivity contribution < 1.29 is 14.4 Å². The van der Waals surface area contributed by atoms with E-state index in [1.807, 2.05) is 0 Å². The summed E-state index contributed by atoms with van der Waals surface area (Å²) in [5.41, 5.74) is 0.249. The van der Waals surface area contributed by atoms with Crippen molar-refractivity contribution in [2.75, 3.05) is 18.4 Å². The molecule has 4 atom stereocenters. The van der Waals surface area contributed by atoms with Gasteiger partial charge in [0.15, 0.2) is 0 Å². The van der Waals surface area contributed by atoms with Gasteiger partial charge >= 0.3 is 0 Å². The predicted octanol–water partition coefficient (Wildman–Crippen LogP) is 1.75. The summed E-state index contributed by atoms with van der Waals surface area (Å²) in [5, 5.41) is 3.44. The van der Waals surface area contributed by atoms with E-state index in [9.17, 15) is 14.4 Å². The van der Waals surface area contributed by atoms with Gasteiger partial charge in [-0.25, -0.2) is 0 Å². The number of nitrogens with zero attached hydrogens (tertiary/aromatic N) is 2. The molecule has 1 aromatic carbocycles. The standard InChI is InChI=1S/C19H18ClN3O3/c1-2-7-22-16(24)14-13-4-3-8-23(13)19(15(14)17(22)25)11-9-10(20)5-6-12(11)21-18(19)26/h2,5-6,9,13-15H,1,3-4,7-8H2,(H,21,26)/t13-,14-,15+,19+/m0/s1. The Hall–Kier alpha value is -2.18. The summed E-state index contributed by atoms with van der Waals surface area (Å²) in [6.45, 7) is 4.52. The van der Waals surface area contributed by atoms with Crippen LogP contribution in [0.5, 0.6) is 0 Å². The van der Waals surface area contributed by atoms with Crippen LogP contribution in [0.3, 0.4) is 0 Å². The Balaban J connectivity index is 1.76. The molecule has 1 N–H and O–H groups in total. The van der Waals surface area contributed by atoms with E-state index in [0.717, 1.165) is 18.4 Å². The minimum atomic E-state index is -1.14. The van der Waals surface area contributed by atoms with E-state index in [2.05, 4.69) is 16.8 Å². The summed E-state index contributed by atoms with van der Waals surface area (Å²) in [4.78, 5) is 42.9. The van der Waals surface area contributed by atoms with Crippen molar-refractivity contribution in [2.24, 2.45) is 11.8 Å². The number of nitrogens with one attached hydrogen (secondary N) is 1. The molecule has 1 aromatic rings. The third kappa shape index (κ3) is 1.65. The van der Waals surface area contributed by atoms with Gasteiger partial charge in [-0.15, -0.1) is 6.58 Å². The molecule has 4 aliphatic rings. The molecule has 0 aromatic heterocycles. The number of hydrogen-bond acceptors (Lipinski definition) is 4. The van der Waals surface area contributed by atoms with Crippen LogP contribution in [0.1, 0.15) is 18.4 Å². The number of rotatable bonds is 2. The highest BCUT2D eigenvalue weighted by Gasteiger charge is 2.74. The first-order valence-corrected chi connectivity index (χ1v) is 9.24. The molecular weight excluding hydrogens is 354 g/mol. The number of amides is 3. The van der Waals surface area contributed by atoms with Crippen molar-refractivity contribution >= 4 is 35.0 Å². The average molecular weight is 372 g/mol. The summed E-state index contributed by atoms with van der Waals surface area (Å²) in [5.74, 6) is -1.88. The van der Waals surface area contributed by atoms with Gasteiger partial charge in [0.2, 0.25) is 17.7 Å². The van der Waals surface area contributed by atoms with Crippen molar-refractivity contribution in [2.45, 2.75) is 24.4 Å². The van der Waals surface area contributed by atoms with Crippen LogP contribution in [0.4, 0.5) is 5.69 Å². The van der Waals surface area contributed by atoms with Gasteiger partial charge in [-0.2, -0.15) is 0 Å². The quantitative estimate of drug-likeness (QED) is 0.635. The molecule has 0 saturated carbocycles. The molecule has 0 unspecified atom stereocenters. The van der Waals surface area contributed by atoms with Crippen molar-refractivity contribution in [3.8, 4) is 0 Å². The van der Waals surface area contributed by atoms with Crippen LogP contribution < -0.4 is 5.32 Å². The van der Waals surface area contributed by atoms with E-state index >= 15 is 0 Å². The number of halogens is 1. The second-order valence-corrected chi connectivity index (χ2v) is 7.83. The molecular formula is C19H18ClN3O3. The summed E-state index contributed by atoms with van der Waals surface area (Å²) in [6.07, 6.45) is 3.27. The number of fused-ring (bicyclic) bond motifs is 7. The van der Waals surface area contributed by atoms with Gasteiger partial charge in [-0.1, -0.05) is 17.7 Å². The highest BCUT2D eigenvalue weighted by Crippen LogP contribution is 2.60. The lowest BCUT2D eigenvalue weighted by atomic mass is 9.75. The van der Waals surface area contributed by atoms with Crippen LogP contribution in [0, 0.1) is 11.8 Å². The van der Waals surface area contributed by atoms with E-state index in [-0.39, 0.29) is 30.3 Å². The van der Waals surface area contributed by atoms with Gasteiger partial charge in [-0.05, 0) is 37.6 Å². The van der Waals surface area contributed by atoms with Gasteiger partial charge in [-0.3, -0.25) is 24.2 Å². The maximum atomic E-state index is 13.3. The van der Waals surface area contributed by atoms with Gasteiger partial charge in [0.1, 0.15) is 5.54 Å². The second-order valence-electron chi connectivity index (χ2n) is 7.39. The van der Waals surface area contributed by atoms with Gasteiger partial charge < -0.3 is 5.32 Å². The number of carbonyl (C=O) groups excluding carboxylic acids is 3. The first-order valence-electron chi connectivity index (χ1n) is 8.86. The average Bonchev–Trinajstić information content (AvgIpc) is 3.30. The second kappa shape index (κ2) is 5.18. The Labute approximate surface area is 155 Å². The third-order valence-corrected chi connectivity index (χ3v) is 6.59. The molecule has 6 nitrogen and oxygen atoms in total. The minimum absolute atomic E-state index is 0.0954. The van der Waals surface area contributed by atoms with Gasteiger partial charge in [0.05, 0.1) is 11.8 Å².